The third kappa shape index (κ3) is 5.10. The van der Waals surface area contributed by atoms with Crippen LogP contribution in [-0.4, -0.2) is 33.9 Å². The smallest absolute Gasteiger partial charge is 0.258 e. The molecule has 7 heteroatoms. The molecule has 1 atom stereocenters. The second kappa shape index (κ2) is 10.1. The minimum absolute atomic E-state index is 0.247. The number of aromatic nitrogens is 2. The van der Waals surface area contributed by atoms with Crippen molar-refractivity contribution in [2.24, 2.45) is 5.73 Å². The Bertz CT molecular complexity index is 1070. The molecule has 0 radical (unpaired) electrons. The number of unbranched alkanes of at least 4 members (excludes halogenated alkanes) is 3. The van der Waals surface area contributed by atoms with Crippen molar-refractivity contribution in [3.8, 4) is 0 Å². The van der Waals surface area contributed by atoms with Gasteiger partial charge in [0.2, 0.25) is 0 Å². The van der Waals surface area contributed by atoms with Gasteiger partial charge in [0.1, 0.15) is 11.6 Å². The summed E-state index contributed by atoms with van der Waals surface area (Å²) in [7, 11) is 0. The summed E-state index contributed by atoms with van der Waals surface area (Å²) in [5.41, 5.74) is 6.15. The fraction of sp³-hybridized carbons (Fsp3) is 0.348. The zero-order valence-electron chi connectivity index (χ0n) is 17.1. The van der Waals surface area contributed by atoms with Crippen molar-refractivity contribution < 1.29 is 9.18 Å². The lowest BCUT2D eigenvalue weighted by Gasteiger charge is -2.29. The molecule has 0 saturated carbocycles. The summed E-state index contributed by atoms with van der Waals surface area (Å²) in [6, 6.07) is 12.2. The van der Waals surface area contributed by atoms with Crippen LogP contribution < -0.4 is 11.3 Å². The Balaban J connectivity index is 1.90. The maximum atomic E-state index is 13.7. The zero-order chi connectivity index (χ0) is 21.5. The number of para-hydroxylation sites is 1. The van der Waals surface area contributed by atoms with Gasteiger partial charge in [-0.3, -0.25) is 9.59 Å². The number of nitrogens with zero attached hydrogens (tertiary/aromatic N) is 2. The lowest BCUT2D eigenvalue weighted by Crippen LogP contribution is -2.36. The Kier molecular flexibility index (Phi) is 7.30. The van der Waals surface area contributed by atoms with Gasteiger partial charge in [0, 0.05) is 12.1 Å². The Morgan fingerprint density at radius 1 is 1.13 bits per heavy atom. The van der Waals surface area contributed by atoms with Crippen molar-refractivity contribution in [3.63, 3.8) is 0 Å². The molecule has 0 aliphatic carbocycles. The maximum absolute atomic E-state index is 13.7. The molecule has 0 fully saturated rings. The summed E-state index contributed by atoms with van der Waals surface area (Å²) in [6.45, 7) is 2.94. The molecule has 30 heavy (non-hydrogen) atoms. The van der Waals surface area contributed by atoms with E-state index in [1.165, 1.54) is 18.2 Å². The Morgan fingerprint density at radius 2 is 1.90 bits per heavy atom. The van der Waals surface area contributed by atoms with Crippen LogP contribution in [0.25, 0.3) is 10.9 Å². The van der Waals surface area contributed by atoms with Gasteiger partial charge in [-0.05, 0) is 56.6 Å². The number of aromatic amines is 1. The summed E-state index contributed by atoms with van der Waals surface area (Å²) in [5, 5.41) is 0.498. The number of hydrogen-bond donors (Lipinski definition) is 2. The predicted molar refractivity (Wildman–Crippen MR) is 116 cm³/mol. The van der Waals surface area contributed by atoms with E-state index >= 15 is 0 Å². The molecular formula is C23H27FN4O2. The summed E-state index contributed by atoms with van der Waals surface area (Å²) in [4.78, 5) is 34.7. The van der Waals surface area contributed by atoms with Crippen LogP contribution in [0.2, 0.25) is 0 Å². The van der Waals surface area contributed by atoms with Crippen molar-refractivity contribution in [2.75, 3.05) is 13.1 Å². The van der Waals surface area contributed by atoms with Crippen molar-refractivity contribution in [1.29, 1.82) is 0 Å². The zero-order valence-corrected chi connectivity index (χ0v) is 17.1. The molecule has 0 unspecified atom stereocenters. The second-order valence-corrected chi connectivity index (χ2v) is 7.36. The first-order valence-electron chi connectivity index (χ1n) is 10.3. The number of H-pyrrole nitrogens is 1. The Labute approximate surface area is 174 Å². The molecule has 3 rings (SSSR count). The molecule has 1 aromatic heterocycles. The van der Waals surface area contributed by atoms with Gasteiger partial charge < -0.3 is 15.6 Å². The molecule has 0 aliphatic rings. The van der Waals surface area contributed by atoms with Gasteiger partial charge in [-0.25, -0.2) is 9.37 Å². The van der Waals surface area contributed by atoms with Gasteiger partial charge in [-0.1, -0.05) is 31.0 Å². The molecule has 0 bridgehead atoms. The molecule has 1 amide bonds. The van der Waals surface area contributed by atoms with Gasteiger partial charge in [0.05, 0.1) is 16.9 Å². The molecule has 1 heterocycles. The van der Waals surface area contributed by atoms with Crippen LogP contribution in [0.5, 0.6) is 0 Å². The van der Waals surface area contributed by atoms with E-state index in [-0.39, 0.29) is 17.0 Å². The van der Waals surface area contributed by atoms with Crippen molar-refractivity contribution in [1.82, 2.24) is 14.9 Å². The highest BCUT2D eigenvalue weighted by molar-refractivity contribution is 5.94. The number of nitrogens with one attached hydrogen (secondary N) is 1. The number of carbonyl (C=O) groups is 1. The van der Waals surface area contributed by atoms with Crippen molar-refractivity contribution >= 4 is 16.8 Å². The predicted octanol–water partition coefficient (Wildman–Crippen LogP) is 3.78. The van der Waals surface area contributed by atoms with E-state index < -0.39 is 11.9 Å². The summed E-state index contributed by atoms with van der Waals surface area (Å²) >= 11 is 0. The monoisotopic (exact) mass is 410 g/mol. The average molecular weight is 410 g/mol. The van der Waals surface area contributed by atoms with Crippen molar-refractivity contribution in [2.45, 2.75) is 38.6 Å². The number of halogens is 1. The van der Waals surface area contributed by atoms with Crippen LogP contribution >= 0.6 is 0 Å². The first-order chi connectivity index (χ1) is 14.5. The van der Waals surface area contributed by atoms with Crippen LogP contribution in [-0.2, 0) is 0 Å². The molecule has 2 aromatic carbocycles. The molecule has 3 aromatic rings. The lowest BCUT2D eigenvalue weighted by molar-refractivity contribution is 0.0678. The SMILES string of the molecule is C[C@@H](c1nc2ccccc2c(=O)[nH]1)N(CCCCCCN)C(=O)c1cccc(F)c1. The lowest BCUT2D eigenvalue weighted by atomic mass is 10.1. The van der Waals surface area contributed by atoms with Crippen LogP contribution in [0.15, 0.2) is 53.3 Å². The highest BCUT2D eigenvalue weighted by atomic mass is 19.1. The van der Waals surface area contributed by atoms with E-state index in [1.807, 2.05) is 13.0 Å². The Morgan fingerprint density at radius 3 is 2.67 bits per heavy atom. The summed E-state index contributed by atoms with van der Waals surface area (Å²) in [5.74, 6) is -0.351. The third-order valence-electron chi connectivity index (χ3n) is 5.18. The van der Waals surface area contributed by atoms with Crippen LogP contribution in [0.4, 0.5) is 4.39 Å². The summed E-state index contributed by atoms with van der Waals surface area (Å²) < 4.78 is 13.7. The Hall–Kier alpha value is -3.06. The van der Waals surface area contributed by atoms with Gasteiger partial charge >= 0.3 is 0 Å². The van der Waals surface area contributed by atoms with Gasteiger partial charge in [0.15, 0.2) is 0 Å². The molecule has 0 aliphatic heterocycles. The molecule has 3 N–H and O–H groups in total. The third-order valence-corrected chi connectivity index (χ3v) is 5.18. The van der Waals surface area contributed by atoms with Gasteiger partial charge in [0.25, 0.3) is 11.5 Å². The highest BCUT2D eigenvalue weighted by Gasteiger charge is 2.25. The number of amides is 1. The van der Waals surface area contributed by atoms with E-state index in [4.69, 9.17) is 5.73 Å². The standard InChI is InChI=1S/C23H27FN4O2/c1-16(21-26-20-12-5-4-11-19(20)22(29)27-21)28(14-7-3-2-6-13-25)23(30)17-9-8-10-18(24)15-17/h4-5,8-12,15-16H,2-3,6-7,13-14,25H2,1H3,(H,26,27,29)/t16-/m0/s1. The minimum atomic E-state index is -0.479. The van der Waals surface area contributed by atoms with E-state index in [1.54, 1.807) is 29.2 Å². The fourth-order valence-electron chi connectivity index (χ4n) is 3.49. The normalized spacial score (nSPS) is 12.1. The topological polar surface area (TPSA) is 92.1 Å². The molecule has 6 nitrogen and oxygen atoms in total. The summed E-state index contributed by atoms with van der Waals surface area (Å²) in [6.07, 6.45) is 3.63. The van der Waals surface area contributed by atoms with Crippen molar-refractivity contribution in [3.05, 3.63) is 76.1 Å². The minimum Gasteiger partial charge on any atom is -0.330 e. The number of rotatable bonds is 9. The number of carbonyl (C=O) groups excluding carboxylic acids is 1. The second-order valence-electron chi connectivity index (χ2n) is 7.36. The molecule has 0 spiro atoms. The quantitative estimate of drug-likeness (QED) is 0.525. The number of benzene rings is 2. The number of nitrogens with two attached hydrogens (primary N) is 1. The maximum Gasteiger partial charge on any atom is 0.258 e. The van der Waals surface area contributed by atoms with Gasteiger partial charge in [-0.2, -0.15) is 0 Å². The fourth-order valence-corrected chi connectivity index (χ4v) is 3.49. The first-order valence-corrected chi connectivity index (χ1v) is 10.3. The number of fused-ring (bicyclic) bond motifs is 1. The molecular weight excluding hydrogens is 383 g/mol. The van der Waals surface area contributed by atoms with E-state index in [2.05, 4.69) is 9.97 Å². The van der Waals surface area contributed by atoms with Crippen LogP contribution in [0.1, 0.15) is 54.8 Å². The first kappa shape index (κ1) is 21.6. The largest absolute Gasteiger partial charge is 0.330 e. The van der Waals surface area contributed by atoms with Crippen LogP contribution in [0.3, 0.4) is 0 Å². The highest BCUT2D eigenvalue weighted by Crippen LogP contribution is 2.22. The van der Waals surface area contributed by atoms with E-state index in [0.717, 1.165) is 25.7 Å². The van der Waals surface area contributed by atoms with Gasteiger partial charge in [-0.15, -0.1) is 0 Å². The van der Waals surface area contributed by atoms with E-state index in [9.17, 15) is 14.0 Å². The average Bonchev–Trinajstić information content (AvgIpc) is 2.75. The van der Waals surface area contributed by atoms with E-state index in [0.29, 0.717) is 29.8 Å². The molecule has 0 saturated heterocycles. The van der Waals surface area contributed by atoms with Crippen LogP contribution in [0, 0.1) is 5.82 Å². The molecule has 158 valence electrons. The number of hydrogen-bond acceptors (Lipinski definition) is 4.